The lowest BCUT2D eigenvalue weighted by atomic mass is 10.1. The molecule has 0 bridgehead atoms. The Morgan fingerprint density at radius 3 is 2.50 bits per heavy atom. The molecule has 2 aromatic heterocycles. The minimum absolute atomic E-state index is 0.0403. The van der Waals surface area contributed by atoms with Crippen LogP contribution in [0.3, 0.4) is 0 Å². The third-order valence-corrected chi connectivity index (χ3v) is 5.85. The van der Waals surface area contributed by atoms with Gasteiger partial charge in [0.15, 0.2) is 5.78 Å². The quantitative estimate of drug-likeness (QED) is 0.301. The molecule has 1 saturated heterocycles. The van der Waals surface area contributed by atoms with Gasteiger partial charge in [-0.2, -0.15) is 5.10 Å². The Balaban J connectivity index is 1.37. The molecule has 0 saturated carbocycles. The molecule has 3 heterocycles. The van der Waals surface area contributed by atoms with E-state index >= 15 is 0 Å². The van der Waals surface area contributed by atoms with Gasteiger partial charge in [0.2, 0.25) is 0 Å². The van der Waals surface area contributed by atoms with Crippen molar-refractivity contribution in [2.45, 2.75) is 6.54 Å². The summed E-state index contributed by atoms with van der Waals surface area (Å²) in [4.78, 5) is 19.4. The van der Waals surface area contributed by atoms with Gasteiger partial charge in [-0.15, -0.1) is 0 Å². The van der Waals surface area contributed by atoms with Crippen LogP contribution in [0.15, 0.2) is 91.4 Å². The Hall–Kier alpha value is -4.03. The van der Waals surface area contributed by atoms with Gasteiger partial charge in [-0.1, -0.05) is 30.3 Å². The molecule has 0 N–H and O–H groups in total. The zero-order chi connectivity index (χ0) is 23.2. The fourth-order valence-electron chi connectivity index (χ4n) is 4.06. The van der Waals surface area contributed by atoms with E-state index in [2.05, 4.69) is 22.0 Å². The van der Waals surface area contributed by atoms with Crippen molar-refractivity contribution in [2.24, 2.45) is 0 Å². The van der Waals surface area contributed by atoms with Gasteiger partial charge in [0.1, 0.15) is 5.69 Å². The number of hydrogen-bond acceptors (Lipinski definition) is 5. The van der Waals surface area contributed by atoms with Gasteiger partial charge in [-0.05, 0) is 54.1 Å². The van der Waals surface area contributed by atoms with E-state index in [4.69, 9.17) is 9.84 Å². The van der Waals surface area contributed by atoms with Gasteiger partial charge >= 0.3 is 0 Å². The number of anilines is 1. The maximum Gasteiger partial charge on any atom is 0.185 e. The minimum Gasteiger partial charge on any atom is -0.378 e. The van der Waals surface area contributed by atoms with Crippen molar-refractivity contribution < 1.29 is 9.53 Å². The molecule has 170 valence electrons. The molecule has 0 radical (unpaired) electrons. The summed E-state index contributed by atoms with van der Waals surface area (Å²) in [6.07, 6.45) is 8.96. The van der Waals surface area contributed by atoms with E-state index in [0.29, 0.717) is 12.1 Å². The summed E-state index contributed by atoms with van der Waals surface area (Å²) >= 11 is 0. The largest absolute Gasteiger partial charge is 0.378 e. The summed E-state index contributed by atoms with van der Waals surface area (Å²) in [6, 6.07) is 21.8. The molecular formula is C28H26N4O2. The number of hydrogen-bond donors (Lipinski definition) is 0. The molecule has 6 heteroatoms. The SMILES string of the molecule is O=C(C=Cc1cn(Cc2ccccc2)nc1-c1cccnc1)c1ccc(N2CCOCC2)cc1. The first-order chi connectivity index (χ1) is 16.8. The fraction of sp³-hybridized carbons (Fsp3) is 0.179. The van der Waals surface area contributed by atoms with Gasteiger partial charge in [-0.25, -0.2) is 0 Å². The number of ether oxygens (including phenoxy) is 1. The van der Waals surface area contributed by atoms with E-state index in [-0.39, 0.29) is 5.78 Å². The first-order valence-electron chi connectivity index (χ1n) is 11.4. The number of rotatable bonds is 7. The minimum atomic E-state index is -0.0403. The second-order valence-corrected chi connectivity index (χ2v) is 8.20. The molecule has 0 unspecified atom stereocenters. The lowest BCUT2D eigenvalue weighted by Crippen LogP contribution is -2.36. The van der Waals surface area contributed by atoms with Crippen LogP contribution in [0.4, 0.5) is 5.69 Å². The fourth-order valence-corrected chi connectivity index (χ4v) is 4.06. The van der Waals surface area contributed by atoms with Crippen LogP contribution in [0.1, 0.15) is 21.5 Å². The molecule has 2 aromatic carbocycles. The molecule has 1 fully saturated rings. The highest BCUT2D eigenvalue weighted by Crippen LogP contribution is 2.23. The summed E-state index contributed by atoms with van der Waals surface area (Å²) in [5.74, 6) is -0.0403. The monoisotopic (exact) mass is 450 g/mol. The number of carbonyl (C=O) groups excluding carboxylic acids is 1. The van der Waals surface area contributed by atoms with Crippen LogP contribution in [0, 0.1) is 0 Å². The summed E-state index contributed by atoms with van der Waals surface area (Å²) < 4.78 is 7.32. The maximum absolute atomic E-state index is 12.9. The standard InChI is InChI=1S/C28H26N4O2/c33-27(23-8-11-26(12-9-23)31-15-17-34-18-16-31)13-10-25-21-32(20-22-5-2-1-3-6-22)30-28(25)24-7-4-14-29-19-24/h1-14,19,21H,15-18,20H2. The van der Waals surface area contributed by atoms with Crippen LogP contribution in [-0.2, 0) is 11.3 Å². The Labute approximate surface area is 199 Å². The summed E-state index contributed by atoms with van der Waals surface area (Å²) in [5.41, 5.74) is 5.53. The van der Waals surface area contributed by atoms with Crippen LogP contribution in [-0.4, -0.2) is 46.9 Å². The average molecular weight is 451 g/mol. The van der Waals surface area contributed by atoms with Gasteiger partial charge in [0.05, 0.1) is 19.8 Å². The number of ketones is 1. The number of benzene rings is 2. The molecule has 0 amide bonds. The van der Waals surface area contributed by atoms with E-state index < -0.39 is 0 Å². The summed E-state index contributed by atoms with van der Waals surface area (Å²) in [7, 11) is 0. The van der Waals surface area contributed by atoms with Crippen molar-refractivity contribution >= 4 is 17.5 Å². The van der Waals surface area contributed by atoms with Gasteiger partial charge < -0.3 is 9.64 Å². The van der Waals surface area contributed by atoms with Crippen LogP contribution >= 0.6 is 0 Å². The number of pyridine rings is 1. The number of carbonyl (C=O) groups is 1. The molecule has 0 spiro atoms. The highest BCUT2D eigenvalue weighted by molar-refractivity contribution is 6.07. The zero-order valence-corrected chi connectivity index (χ0v) is 18.9. The van der Waals surface area contributed by atoms with Gasteiger partial charge in [0, 0.05) is 54.1 Å². The lowest BCUT2D eigenvalue weighted by molar-refractivity contribution is 0.104. The lowest BCUT2D eigenvalue weighted by Gasteiger charge is -2.28. The first-order valence-corrected chi connectivity index (χ1v) is 11.4. The normalized spacial score (nSPS) is 13.9. The molecule has 0 atom stereocenters. The number of allylic oxidation sites excluding steroid dienone is 1. The van der Waals surface area contributed by atoms with Crippen molar-refractivity contribution in [2.75, 3.05) is 31.2 Å². The van der Waals surface area contributed by atoms with E-state index in [0.717, 1.165) is 54.4 Å². The van der Waals surface area contributed by atoms with E-state index in [9.17, 15) is 4.79 Å². The van der Waals surface area contributed by atoms with Crippen molar-refractivity contribution in [1.29, 1.82) is 0 Å². The average Bonchev–Trinajstić information content (AvgIpc) is 3.31. The first kappa shape index (κ1) is 21.8. The van der Waals surface area contributed by atoms with Crippen LogP contribution < -0.4 is 4.90 Å². The molecule has 1 aliphatic rings. The highest BCUT2D eigenvalue weighted by atomic mass is 16.5. The molecule has 34 heavy (non-hydrogen) atoms. The van der Waals surface area contributed by atoms with E-state index in [1.165, 1.54) is 0 Å². The van der Waals surface area contributed by atoms with Gasteiger partial charge in [0.25, 0.3) is 0 Å². The molecule has 4 aromatic rings. The zero-order valence-electron chi connectivity index (χ0n) is 18.9. The number of aromatic nitrogens is 3. The van der Waals surface area contributed by atoms with Crippen molar-refractivity contribution in [3.05, 3.63) is 108 Å². The third-order valence-electron chi connectivity index (χ3n) is 5.85. The van der Waals surface area contributed by atoms with Gasteiger partial charge in [-0.3, -0.25) is 14.5 Å². The molecule has 6 nitrogen and oxygen atoms in total. The Kier molecular flexibility index (Phi) is 6.59. The Morgan fingerprint density at radius 2 is 1.76 bits per heavy atom. The van der Waals surface area contributed by atoms with Crippen LogP contribution in [0.2, 0.25) is 0 Å². The van der Waals surface area contributed by atoms with Crippen LogP contribution in [0.25, 0.3) is 17.3 Å². The Bertz CT molecular complexity index is 1260. The molecule has 0 aliphatic carbocycles. The van der Waals surface area contributed by atoms with E-state index in [1.54, 1.807) is 18.5 Å². The third kappa shape index (κ3) is 5.13. The summed E-state index contributed by atoms with van der Waals surface area (Å²) in [5, 5.41) is 4.79. The molecular weight excluding hydrogens is 424 g/mol. The predicted octanol–water partition coefficient (Wildman–Crippen LogP) is 4.73. The topological polar surface area (TPSA) is 60.2 Å². The number of morpholine rings is 1. The van der Waals surface area contributed by atoms with Crippen molar-refractivity contribution in [1.82, 2.24) is 14.8 Å². The Morgan fingerprint density at radius 1 is 0.971 bits per heavy atom. The second kappa shape index (κ2) is 10.3. The summed E-state index contributed by atoms with van der Waals surface area (Å²) in [6.45, 7) is 3.87. The number of nitrogens with zero attached hydrogens (tertiary/aromatic N) is 4. The van der Waals surface area contributed by atoms with E-state index in [1.807, 2.05) is 71.6 Å². The molecule has 5 rings (SSSR count). The van der Waals surface area contributed by atoms with Crippen molar-refractivity contribution in [3.8, 4) is 11.3 Å². The molecule has 1 aliphatic heterocycles. The predicted molar refractivity (Wildman–Crippen MR) is 134 cm³/mol. The second-order valence-electron chi connectivity index (χ2n) is 8.20. The van der Waals surface area contributed by atoms with Crippen LogP contribution in [0.5, 0.6) is 0 Å². The van der Waals surface area contributed by atoms with Crippen molar-refractivity contribution in [3.63, 3.8) is 0 Å². The maximum atomic E-state index is 12.9. The smallest absolute Gasteiger partial charge is 0.185 e. The highest BCUT2D eigenvalue weighted by Gasteiger charge is 2.13.